The molecule has 0 aliphatic carbocycles. The molecule has 0 amide bonds. The molecular weight excluding hydrogens is 517 g/mol. The Morgan fingerprint density at radius 3 is 2.23 bits per heavy atom. The van der Waals surface area contributed by atoms with Gasteiger partial charge in [-0.05, 0) is 55.0 Å². The van der Waals surface area contributed by atoms with Gasteiger partial charge in [0.05, 0.1) is 26.2 Å². The van der Waals surface area contributed by atoms with Crippen molar-refractivity contribution in [2.24, 2.45) is 0 Å². The van der Waals surface area contributed by atoms with E-state index in [0.29, 0.717) is 6.61 Å². The van der Waals surface area contributed by atoms with Gasteiger partial charge in [0, 0.05) is 20.2 Å². The molecule has 0 N–H and O–H groups in total. The van der Waals surface area contributed by atoms with Crippen LogP contribution in [0.15, 0.2) is 85.2 Å². The van der Waals surface area contributed by atoms with E-state index in [1.807, 2.05) is 54.6 Å². The maximum Gasteiger partial charge on any atom is 0.195 e. The monoisotopic (exact) mass is 547 g/mol. The van der Waals surface area contributed by atoms with E-state index in [1.54, 1.807) is 11.3 Å². The summed E-state index contributed by atoms with van der Waals surface area (Å²) in [6.45, 7) is 17.7. The normalized spacial score (nSPS) is 12.3. The van der Waals surface area contributed by atoms with E-state index in [2.05, 4.69) is 32.7 Å². The summed E-state index contributed by atoms with van der Waals surface area (Å²) in [6, 6.07) is 13.8. The molecule has 0 spiro atoms. The van der Waals surface area contributed by atoms with Crippen LogP contribution >= 0.6 is 11.3 Å². The number of nitrogens with zero attached hydrogens (tertiary/aromatic N) is 1. The van der Waals surface area contributed by atoms with Crippen molar-refractivity contribution in [3.63, 3.8) is 0 Å². The zero-order chi connectivity index (χ0) is 21.6. The molecule has 1 aromatic heterocycles. The predicted molar refractivity (Wildman–Crippen MR) is 130 cm³/mol. The van der Waals surface area contributed by atoms with Crippen LogP contribution in [0.4, 0.5) is 0 Å². The zero-order valence-corrected chi connectivity index (χ0v) is 21.0. The molecule has 3 rings (SSSR count). The molecule has 3 aromatic rings. The molecule has 2 aromatic carbocycles. The van der Waals surface area contributed by atoms with Crippen molar-refractivity contribution in [3.8, 4) is 0 Å². The highest BCUT2D eigenvalue weighted by molar-refractivity contribution is 7.24. The van der Waals surface area contributed by atoms with E-state index in [0.717, 1.165) is 56.4 Å². The Balaban J connectivity index is 0.00000341. The zero-order valence-electron chi connectivity index (χ0n) is 18.1. The number of hydrogen-bond acceptors (Lipinski definition) is 3. The number of fused-ring (bicyclic) bond motifs is 2. The standard InChI is InChI=1S/C26H30NO2S.HI/c1-5-14-27(15-6-2,16-7-3)18-20(4)29-19-21-12-13-25-23(17-21)26(28)22-10-8-9-11-24(22)30-25;/h5-13,17,20H,1-3,14-16,18-19H2,4H3;1H/q+1;/p-1. The number of halogens is 1. The van der Waals surface area contributed by atoms with Gasteiger partial charge in [-0.2, -0.15) is 0 Å². The third kappa shape index (κ3) is 6.13. The van der Waals surface area contributed by atoms with Gasteiger partial charge in [-0.1, -0.05) is 37.9 Å². The van der Waals surface area contributed by atoms with Gasteiger partial charge in [-0.15, -0.1) is 11.3 Å². The summed E-state index contributed by atoms with van der Waals surface area (Å²) in [5, 5.41) is 1.55. The van der Waals surface area contributed by atoms with Crippen molar-refractivity contribution in [2.45, 2.75) is 19.6 Å². The minimum Gasteiger partial charge on any atom is -1.00 e. The third-order valence-corrected chi connectivity index (χ3v) is 6.52. The smallest absolute Gasteiger partial charge is 0.195 e. The molecular formula is C26H30INO2S. The molecule has 1 atom stereocenters. The number of rotatable bonds is 11. The summed E-state index contributed by atoms with van der Waals surface area (Å²) in [6.07, 6.45) is 5.89. The molecule has 0 radical (unpaired) electrons. The molecule has 3 nitrogen and oxygen atoms in total. The van der Waals surface area contributed by atoms with Crippen LogP contribution in [0.5, 0.6) is 0 Å². The van der Waals surface area contributed by atoms with E-state index in [1.165, 1.54) is 0 Å². The van der Waals surface area contributed by atoms with Crippen LogP contribution in [0.2, 0.25) is 0 Å². The minimum absolute atomic E-state index is 0. The highest BCUT2D eigenvalue weighted by atomic mass is 127. The lowest BCUT2D eigenvalue weighted by Crippen LogP contribution is -3.00. The summed E-state index contributed by atoms with van der Waals surface area (Å²) in [7, 11) is 0. The lowest BCUT2D eigenvalue weighted by molar-refractivity contribution is -0.914. The van der Waals surface area contributed by atoms with Crippen LogP contribution in [0.25, 0.3) is 20.2 Å². The van der Waals surface area contributed by atoms with Crippen LogP contribution in [0.3, 0.4) is 0 Å². The average Bonchev–Trinajstić information content (AvgIpc) is 2.73. The van der Waals surface area contributed by atoms with Crippen molar-refractivity contribution < 1.29 is 33.2 Å². The van der Waals surface area contributed by atoms with E-state index in [-0.39, 0.29) is 35.5 Å². The maximum absolute atomic E-state index is 12.9. The summed E-state index contributed by atoms with van der Waals surface area (Å²) in [4.78, 5) is 12.9. The number of ether oxygens (including phenoxy) is 1. The van der Waals surface area contributed by atoms with Crippen LogP contribution < -0.4 is 29.4 Å². The van der Waals surface area contributed by atoms with Gasteiger partial charge in [0.15, 0.2) is 5.43 Å². The molecule has 0 bridgehead atoms. The Bertz CT molecular complexity index is 1090. The third-order valence-electron chi connectivity index (χ3n) is 5.37. The van der Waals surface area contributed by atoms with Crippen molar-refractivity contribution in [1.82, 2.24) is 0 Å². The lowest BCUT2D eigenvalue weighted by atomic mass is 10.1. The quantitative estimate of drug-likeness (QED) is 0.160. The fourth-order valence-corrected chi connectivity index (χ4v) is 5.10. The highest BCUT2D eigenvalue weighted by Crippen LogP contribution is 2.25. The van der Waals surface area contributed by atoms with Crippen molar-refractivity contribution >= 4 is 31.5 Å². The molecule has 0 aliphatic rings. The molecule has 0 fully saturated rings. The van der Waals surface area contributed by atoms with E-state index in [4.69, 9.17) is 4.74 Å². The van der Waals surface area contributed by atoms with E-state index in [9.17, 15) is 4.79 Å². The van der Waals surface area contributed by atoms with Gasteiger partial charge >= 0.3 is 0 Å². The summed E-state index contributed by atoms with van der Waals surface area (Å²) in [5.41, 5.74) is 1.11. The van der Waals surface area contributed by atoms with Crippen LogP contribution in [0, 0.1) is 0 Å². The Labute approximate surface area is 206 Å². The second-order valence-electron chi connectivity index (χ2n) is 7.82. The second-order valence-corrected chi connectivity index (χ2v) is 8.90. The first-order chi connectivity index (χ1) is 14.5. The number of benzene rings is 2. The van der Waals surface area contributed by atoms with Crippen LogP contribution in [-0.4, -0.2) is 36.8 Å². The van der Waals surface area contributed by atoms with Gasteiger partial charge in [0.2, 0.25) is 0 Å². The molecule has 1 unspecified atom stereocenters. The van der Waals surface area contributed by atoms with Crippen LogP contribution in [0.1, 0.15) is 12.5 Å². The lowest BCUT2D eigenvalue weighted by Gasteiger charge is -2.38. The summed E-state index contributed by atoms with van der Waals surface area (Å²) in [5.74, 6) is 0. The Morgan fingerprint density at radius 2 is 1.58 bits per heavy atom. The second kappa shape index (κ2) is 11.7. The average molecular weight is 548 g/mol. The fourth-order valence-electron chi connectivity index (χ4n) is 4.05. The first-order valence-corrected chi connectivity index (χ1v) is 11.1. The van der Waals surface area contributed by atoms with Gasteiger partial charge in [0.25, 0.3) is 0 Å². The Hall–Kier alpha value is -1.80. The fraction of sp³-hybridized carbons (Fsp3) is 0.269. The van der Waals surface area contributed by atoms with Crippen LogP contribution in [-0.2, 0) is 11.3 Å². The topological polar surface area (TPSA) is 26.3 Å². The van der Waals surface area contributed by atoms with Crippen molar-refractivity contribution in [3.05, 3.63) is 96.2 Å². The SMILES string of the molecule is C=CC[N+](CC=C)(CC=C)CC(C)OCc1ccc2sc3ccccc3c(=O)c2c1.[I-]. The van der Waals surface area contributed by atoms with Gasteiger partial charge in [-0.25, -0.2) is 0 Å². The Morgan fingerprint density at radius 1 is 0.968 bits per heavy atom. The van der Waals surface area contributed by atoms with Gasteiger partial charge < -0.3 is 33.2 Å². The highest BCUT2D eigenvalue weighted by Gasteiger charge is 2.26. The Kier molecular flexibility index (Phi) is 9.62. The van der Waals surface area contributed by atoms with Gasteiger partial charge in [0.1, 0.15) is 12.6 Å². The molecule has 5 heteroatoms. The number of quaternary nitrogens is 1. The first-order valence-electron chi connectivity index (χ1n) is 10.3. The maximum atomic E-state index is 12.9. The minimum atomic E-state index is 0. The molecule has 0 saturated heterocycles. The summed E-state index contributed by atoms with van der Waals surface area (Å²) >= 11 is 1.65. The molecule has 0 aliphatic heterocycles. The molecule has 164 valence electrons. The largest absolute Gasteiger partial charge is 1.00 e. The number of hydrogen-bond donors (Lipinski definition) is 0. The first kappa shape index (κ1) is 25.5. The van der Waals surface area contributed by atoms with E-state index < -0.39 is 0 Å². The van der Waals surface area contributed by atoms with E-state index >= 15 is 0 Å². The van der Waals surface area contributed by atoms with Gasteiger partial charge in [-0.3, -0.25) is 4.79 Å². The molecule has 31 heavy (non-hydrogen) atoms. The molecule has 1 heterocycles. The van der Waals surface area contributed by atoms with Crippen molar-refractivity contribution in [2.75, 3.05) is 26.2 Å². The van der Waals surface area contributed by atoms with Crippen molar-refractivity contribution in [1.29, 1.82) is 0 Å². The summed E-state index contributed by atoms with van der Waals surface area (Å²) < 4.78 is 9.01. The molecule has 0 saturated carbocycles. The predicted octanol–water partition coefficient (Wildman–Crippen LogP) is 2.70.